The van der Waals surface area contributed by atoms with Gasteiger partial charge in [0.05, 0.1) is 29.8 Å². The van der Waals surface area contributed by atoms with Gasteiger partial charge in [0.2, 0.25) is 6.29 Å². The molecule has 12 nitrogen and oxygen atoms in total. The zero-order chi connectivity index (χ0) is 29.5. The molecule has 1 amide bonds. The predicted molar refractivity (Wildman–Crippen MR) is 152 cm³/mol. The number of aliphatic hydroxyl groups is 1. The summed E-state index contributed by atoms with van der Waals surface area (Å²) in [7, 11) is 0. The van der Waals surface area contributed by atoms with Gasteiger partial charge in [0.15, 0.2) is 11.2 Å². The Bertz CT molecular complexity index is 1650. The minimum atomic E-state index is -0.827. The number of para-hydroxylation sites is 1. The normalized spacial score (nSPS) is 16.4. The van der Waals surface area contributed by atoms with E-state index in [1.807, 2.05) is 12.1 Å². The second-order valence-electron chi connectivity index (χ2n) is 9.56. The molecule has 0 radical (unpaired) electrons. The number of carbonyl (C=O) groups excluding carboxylic acids is 1. The van der Waals surface area contributed by atoms with E-state index >= 15 is 0 Å². The van der Waals surface area contributed by atoms with Crippen LogP contribution in [0.2, 0.25) is 0 Å². The lowest BCUT2D eigenvalue weighted by atomic mass is 9.93. The summed E-state index contributed by atoms with van der Waals surface area (Å²) in [5.74, 6) is -0.576. The van der Waals surface area contributed by atoms with Crippen LogP contribution in [0.25, 0.3) is 11.0 Å². The number of fused-ring (bicyclic) bond motifs is 1. The Balaban J connectivity index is 1.28. The first-order valence-electron chi connectivity index (χ1n) is 13.2. The molecular formula is C30H28N4O8. The summed E-state index contributed by atoms with van der Waals surface area (Å²) in [5, 5.41) is 26.2. The third-order valence-electron chi connectivity index (χ3n) is 6.70. The van der Waals surface area contributed by atoms with Crippen LogP contribution in [-0.2, 0) is 27.5 Å². The van der Waals surface area contributed by atoms with Gasteiger partial charge in [-0.15, -0.1) is 0 Å². The number of pyridine rings is 1. The summed E-state index contributed by atoms with van der Waals surface area (Å²) >= 11 is 0. The predicted octanol–water partition coefficient (Wildman–Crippen LogP) is 3.75. The minimum absolute atomic E-state index is 0.00731. The summed E-state index contributed by atoms with van der Waals surface area (Å²) in [6, 6.07) is 17.0. The summed E-state index contributed by atoms with van der Waals surface area (Å²) < 4.78 is 17.6. The number of carbonyl (C=O) groups is 1. The van der Waals surface area contributed by atoms with Crippen molar-refractivity contribution < 1.29 is 28.7 Å². The highest BCUT2D eigenvalue weighted by Gasteiger charge is 2.30. The molecule has 0 saturated heterocycles. The highest BCUT2D eigenvalue weighted by Crippen LogP contribution is 2.31. The molecule has 4 aromatic rings. The van der Waals surface area contributed by atoms with Crippen molar-refractivity contribution in [3.8, 4) is 0 Å². The number of nitro groups is 1. The van der Waals surface area contributed by atoms with E-state index in [4.69, 9.17) is 13.9 Å². The van der Waals surface area contributed by atoms with Gasteiger partial charge < -0.3 is 29.6 Å². The van der Waals surface area contributed by atoms with Crippen molar-refractivity contribution in [3.63, 3.8) is 0 Å². The number of benzene rings is 2. The van der Waals surface area contributed by atoms with Crippen LogP contribution in [0.4, 0.5) is 11.5 Å². The van der Waals surface area contributed by atoms with Crippen LogP contribution < -0.4 is 16.1 Å². The van der Waals surface area contributed by atoms with Gasteiger partial charge >= 0.3 is 0 Å². The van der Waals surface area contributed by atoms with Crippen LogP contribution in [0, 0.1) is 10.1 Å². The Labute approximate surface area is 239 Å². The summed E-state index contributed by atoms with van der Waals surface area (Å²) in [4.78, 5) is 40.6. The Kier molecular flexibility index (Phi) is 8.85. The zero-order valence-electron chi connectivity index (χ0n) is 22.4. The van der Waals surface area contributed by atoms with Crippen LogP contribution in [0.5, 0.6) is 0 Å². The fourth-order valence-electron chi connectivity index (χ4n) is 4.47. The molecule has 0 bridgehead atoms. The average Bonchev–Trinajstić information content (AvgIpc) is 3.02. The molecule has 2 aromatic heterocycles. The lowest BCUT2D eigenvalue weighted by Crippen LogP contribution is -2.35. The van der Waals surface area contributed by atoms with E-state index < -0.39 is 23.0 Å². The van der Waals surface area contributed by atoms with Crippen molar-refractivity contribution in [1.29, 1.82) is 0 Å². The van der Waals surface area contributed by atoms with E-state index in [-0.39, 0.29) is 43.1 Å². The minimum Gasteiger partial charge on any atom is -0.464 e. The van der Waals surface area contributed by atoms with E-state index in [0.29, 0.717) is 28.9 Å². The molecule has 0 fully saturated rings. The van der Waals surface area contributed by atoms with Crippen molar-refractivity contribution in [2.24, 2.45) is 0 Å². The molecule has 2 aromatic carbocycles. The Morgan fingerprint density at radius 3 is 2.62 bits per heavy atom. The molecule has 3 N–H and O–H groups in total. The number of aromatic nitrogens is 1. The molecule has 1 aliphatic rings. The largest absolute Gasteiger partial charge is 0.464 e. The number of anilines is 1. The van der Waals surface area contributed by atoms with E-state index in [9.17, 15) is 24.8 Å². The number of nitrogens with one attached hydrogen (secondary N) is 2. The van der Waals surface area contributed by atoms with E-state index in [0.717, 1.165) is 17.3 Å². The maximum absolute atomic E-state index is 13.3. The van der Waals surface area contributed by atoms with Crippen molar-refractivity contribution in [2.75, 3.05) is 18.4 Å². The summed E-state index contributed by atoms with van der Waals surface area (Å²) in [6.07, 6.45) is 3.61. The maximum atomic E-state index is 13.3. The van der Waals surface area contributed by atoms with Crippen LogP contribution in [0.1, 0.15) is 29.0 Å². The first kappa shape index (κ1) is 28.5. The number of allylic oxidation sites excluding steroid dienone is 1. The van der Waals surface area contributed by atoms with Gasteiger partial charge in [-0.05, 0) is 35.4 Å². The molecule has 3 heterocycles. The average molecular weight is 573 g/mol. The molecule has 42 heavy (non-hydrogen) atoms. The number of amides is 1. The van der Waals surface area contributed by atoms with Crippen LogP contribution in [0.15, 0.2) is 94.2 Å². The maximum Gasteiger partial charge on any atom is 0.287 e. The first-order valence-corrected chi connectivity index (χ1v) is 13.2. The number of aliphatic hydroxyl groups excluding tert-OH is 1. The number of hydrogen-bond acceptors (Lipinski definition) is 10. The number of ether oxygens (including phenoxy) is 2. The van der Waals surface area contributed by atoms with E-state index in [1.165, 1.54) is 18.4 Å². The Morgan fingerprint density at radius 1 is 1.10 bits per heavy atom. The summed E-state index contributed by atoms with van der Waals surface area (Å²) in [6.45, 7) is 0.623. The standard InChI is InChI=1S/C30H28N4O8/c35-16-19-5-7-20(8-6-19)17-41-28-14-21(24-18-40-25-4-2-1-3-23(25)29(24)36)13-26(42-28)30(37)32-12-11-31-27-10-9-22(15-33-27)34(38)39/h1-10,13,15,18,21,28,35H,11-12,14,16-17H2,(H,31,33)(H,32,37)/t21-,28+/m0/s1. The smallest absolute Gasteiger partial charge is 0.287 e. The van der Waals surface area contributed by atoms with Crippen LogP contribution in [0.3, 0.4) is 0 Å². The quantitative estimate of drug-likeness (QED) is 0.137. The second-order valence-corrected chi connectivity index (χ2v) is 9.56. The molecule has 0 spiro atoms. The van der Waals surface area contributed by atoms with Gasteiger partial charge in [-0.2, -0.15) is 0 Å². The van der Waals surface area contributed by atoms with Gasteiger partial charge in [-0.25, -0.2) is 4.98 Å². The lowest BCUT2D eigenvalue weighted by Gasteiger charge is -2.29. The van der Waals surface area contributed by atoms with Crippen molar-refractivity contribution >= 4 is 28.4 Å². The van der Waals surface area contributed by atoms with Gasteiger partial charge in [-0.3, -0.25) is 19.7 Å². The molecule has 216 valence electrons. The molecule has 0 aliphatic carbocycles. The molecule has 2 atom stereocenters. The lowest BCUT2D eigenvalue weighted by molar-refractivity contribution is -0.385. The summed E-state index contributed by atoms with van der Waals surface area (Å²) in [5.41, 5.74) is 2.16. The molecule has 0 unspecified atom stereocenters. The number of rotatable bonds is 11. The van der Waals surface area contributed by atoms with E-state index in [1.54, 1.807) is 42.5 Å². The number of nitrogens with zero attached hydrogens (tertiary/aromatic N) is 2. The zero-order valence-corrected chi connectivity index (χ0v) is 22.4. The van der Waals surface area contributed by atoms with Crippen molar-refractivity contribution in [3.05, 3.63) is 122 Å². The third-order valence-corrected chi connectivity index (χ3v) is 6.70. The van der Waals surface area contributed by atoms with Gasteiger partial charge in [0.25, 0.3) is 11.6 Å². The highest BCUT2D eigenvalue weighted by molar-refractivity contribution is 5.91. The molecular weight excluding hydrogens is 544 g/mol. The number of hydrogen-bond donors (Lipinski definition) is 3. The van der Waals surface area contributed by atoms with Crippen molar-refractivity contribution in [1.82, 2.24) is 10.3 Å². The highest BCUT2D eigenvalue weighted by atomic mass is 16.7. The molecule has 12 heteroatoms. The van der Waals surface area contributed by atoms with Crippen LogP contribution >= 0.6 is 0 Å². The van der Waals surface area contributed by atoms with Gasteiger partial charge in [0, 0.05) is 37.1 Å². The molecule has 1 aliphatic heterocycles. The monoisotopic (exact) mass is 572 g/mol. The van der Waals surface area contributed by atoms with Gasteiger partial charge in [0.1, 0.15) is 17.6 Å². The van der Waals surface area contributed by atoms with Gasteiger partial charge in [-0.1, -0.05) is 36.4 Å². The SMILES string of the molecule is O=C(NCCNc1ccc([N+](=O)[O-])cn1)C1=C[C@H](c2coc3ccccc3c2=O)C[C@H](OCc2ccc(CO)cc2)O1. The first-order chi connectivity index (χ1) is 20.4. The second kappa shape index (κ2) is 13.1. The topological polar surface area (TPSA) is 166 Å². The van der Waals surface area contributed by atoms with Crippen molar-refractivity contribution in [2.45, 2.75) is 31.8 Å². The Hall–Kier alpha value is -5.07. The fraction of sp³-hybridized carbons (Fsp3) is 0.233. The van der Waals surface area contributed by atoms with E-state index in [2.05, 4.69) is 15.6 Å². The molecule has 0 saturated carbocycles. The van der Waals surface area contributed by atoms with Crippen LogP contribution in [-0.4, -0.2) is 40.3 Å². The Morgan fingerprint density at radius 2 is 1.88 bits per heavy atom. The third kappa shape index (κ3) is 6.79. The fourth-order valence-corrected chi connectivity index (χ4v) is 4.47. The molecule has 5 rings (SSSR count).